The molecule has 3 rings (SSSR count). The molecule has 3 unspecified atom stereocenters. The lowest BCUT2D eigenvalue weighted by molar-refractivity contribution is -0.139. The fourth-order valence-corrected chi connectivity index (χ4v) is 4.81. The van der Waals surface area contributed by atoms with E-state index >= 15 is 0 Å². The van der Waals surface area contributed by atoms with Gasteiger partial charge >= 0.3 is 0 Å². The van der Waals surface area contributed by atoms with E-state index in [1.54, 1.807) is 30.3 Å². The van der Waals surface area contributed by atoms with E-state index in [0.29, 0.717) is 12.2 Å². The Bertz CT molecular complexity index is 1170. The van der Waals surface area contributed by atoms with Crippen LogP contribution >= 0.6 is 22.6 Å². The van der Waals surface area contributed by atoms with E-state index in [4.69, 9.17) is 9.84 Å². The van der Waals surface area contributed by atoms with Gasteiger partial charge in [0.2, 0.25) is 11.8 Å². The summed E-state index contributed by atoms with van der Waals surface area (Å²) in [5.74, 6) is -0.876. The number of carbonyl (C=O) groups is 3. The molecule has 0 aliphatic heterocycles. The van der Waals surface area contributed by atoms with Crippen molar-refractivity contribution in [2.75, 3.05) is 13.2 Å². The first-order valence-corrected chi connectivity index (χ1v) is 13.5. The van der Waals surface area contributed by atoms with Gasteiger partial charge < -0.3 is 30.0 Å². The van der Waals surface area contributed by atoms with Crippen molar-refractivity contribution in [3.8, 4) is 5.75 Å². The molecular weight excluding hydrogens is 606 g/mol. The van der Waals surface area contributed by atoms with Crippen molar-refractivity contribution in [3.63, 3.8) is 0 Å². The Hall–Kier alpha value is -2.83. The van der Waals surface area contributed by atoms with Crippen LogP contribution in [0.5, 0.6) is 5.75 Å². The number of benzene rings is 2. The first-order valence-electron chi connectivity index (χ1n) is 12.4. The summed E-state index contributed by atoms with van der Waals surface area (Å²) in [5, 5.41) is 23.2. The number of amides is 2. The monoisotopic (exact) mass is 638 g/mol. The number of Topliss-reactive ketones (excluding diaryl/α,β-unsaturated/α-hetero) is 1. The van der Waals surface area contributed by atoms with Gasteiger partial charge in [-0.05, 0) is 60.2 Å². The molecule has 0 bridgehead atoms. The number of hydrogen-bond acceptors (Lipinski definition) is 6. The van der Waals surface area contributed by atoms with Crippen LogP contribution in [0.15, 0.2) is 60.2 Å². The molecule has 0 saturated heterocycles. The molecule has 204 valence electrons. The van der Waals surface area contributed by atoms with Gasteiger partial charge in [-0.3, -0.25) is 9.59 Å². The number of aliphatic hydroxyl groups is 2. The van der Waals surface area contributed by atoms with Crippen LogP contribution in [0.25, 0.3) is 0 Å². The molecule has 2 aromatic rings. The van der Waals surface area contributed by atoms with Gasteiger partial charge in [0.25, 0.3) is 0 Å². The molecule has 0 fully saturated rings. The third kappa shape index (κ3) is 8.08. The maximum atomic E-state index is 14.6. The van der Waals surface area contributed by atoms with Gasteiger partial charge in [-0.2, -0.15) is 0 Å². The second-order valence-corrected chi connectivity index (χ2v) is 10.3. The van der Waals surface area contributed by atoms with Crippen molar-refractivity contribution in [1.29, 1.82) is 0 Å². The van der Waals surface area contributed by atoms with Crippen molar-refractivity contribution >= 4 is 40.2 Å². The Morgan fingerprint density at radius 2 is 1.84 bits per heavy atom. The summed E-state index contributed by atoms with van der Waals surface area (Å²) < 4.78 is 21.5. The summed E-state index contributed by atoms with van der Waals surface area (Å²) in [4.78, 5) is 39.1. The molecule has 2 amide bonds. The van der Waals surface area contributed by atoms with E-state index in [1.165, 1.54) is 24.0 Å². The molecule has 0 radical (unpaired) electrons. The van der Waals surface area contributed by atoms with Crippen molar-refractivity contribution < 1.29 is 33.7 Å². The zero-order chi connectivity index (χ0) is 27.7. The summed E-state index contributed by atoms with van der Waals surface area (Å²) >= 11 is 2.10. The molecule has 38 heavy (non-hydrogen) atoms. The molecule has 2 aromatic carbocycles. The van der Waals surface area contributed by atoms with Crippen LogP contribution in [0.2, 0.25) is 0 Å². The van der Waals surface area contributed by atoms with Gasteiger partial charge in [-0.15, -0.1) is 0 Å². The van der Waals surface area contributed by atoms with E-state index in [1.807, 2.05) is 12.1 Å². The number of nitrogens with zero attached hydrogens (tertiary/aromatic N) is 1. The van der Waals surface area contributed by atoms with Gasteiger partial charge in [-0.25, -0.2) is 4.39 Å². The lowest BCUT2D eigenvalue weighted by atomic mass is 9.87. The molecule has 0 saturated carbocycles. The third-order valence-corrected chi connectivity index (χ3v) is 7.14. The predicted octanol–water partition coefficient (Wildman–Crippen LogP) is 3.13. The number of aliphatic hydroxyl groups excluding tert-OH is 2. The van der Waals surface area contributed by atoms with Crippen molar-refractivity contribution in [3.05, 3.63) is 75.1 Å². The maximum Gasteiger partial charge on any atom is 0.247 e. The molecule has 3 atom stereocenters. The Morgan fingerprint density at radius 3 is 2.53 bits per heavy atom. The molecule has 0 heterocycles. The van der Waals surface area contributed by atoms with E-state index < -0.39 is 30.0 Å². The lowest BCUT2D eigenvalue weighted by Gasteiger charge is -2.40. The maximum absolute atomic E-state index is 14.6. The first kappa shape index (κ1) is 29.7. The molecule has 8 nitrogen and oxygen atoms in total. The van der Waals surface area contributed by atoms with Crippen LogP contribution in [-0.2, 0) is 20.9 Å². The highest BCUT2D eigenvalue weighted by Crippen LogP contribution is 2.31. The first-order chi connectivity index (χ1) is 18.2. The molecule has 0 spiro atoms. The van der Waals surface area contributed by atoms with Gasteiger partial charge in [0.1, 0.15) is 29.6 Å². The quantitative estimate of drug-likeness (QED) is 0.308. The summed E-state index contributed by atoms with van der Waals surface area (Å²) in [6.45, 7) is 1.10. The number of halogens is 2. The molecular formula is C28H32FIN2O6. The number of carbonyl (C=O) groups excluding carboxylic acids is 3. The molecule has 1 aliphatic rings. The Morgan fingerprint density at radius 1 is 1.13 bits per heavy atom. The summed E-state index contributed by atoms with van der Waals surface area (Å²) in [6, 6.07) is 12.3. The van der Waals surface area contributed by atoms with Gasteiger partial charge in [0.05, 0.1) is 16.2 Å². The SMILES string of the molecule is CC(=O)CCCC(=O)N(Cc1ccccc1F)C1CC(C(=O)NCCO)=CC(Oc2ccccc2I)C1O. The topological polar surface area (TPSA) is 116 Å². The van der Waals surface area contributed by atoms with Crippen LogP contribution in [0.1, 0.15) is 38.2 Å². The highest BCUT2D eigenvalue weighted by Gasteiger charge is 2.40. The normalized spacial score (nSPS) is 18.9. The Labute approximate surface area is 235 Å². The zero-order valence-electron chi connectivity index (χ0n) is 21.1. The van der Waals surface area contributed by atoms with E-state index in [9.17, 15) is 23.9 Å². The molecule has 3 N–H and O–H groups in total. The van der Waals surface area contributed by atoms with Crippen molar-refractivity contribution in [2.24, 2.45) is 0 Å². The van der Waals surface area contributed by atoms with Crippen molar-refractivity contribution in [2.45, 2.75) is 57.4 Å². The summed E-state index contributed by atoms with van der Waals surface area (Å²) in [7, 11) is 0. The minimum absolute atomic E-state index is 0.00291. The molecule has 1 aliphatic carbocycles. The standard InChI is InChI=1S/C28H32FIN2O6/c1-18(34)7-6-12-26(35)32(17-19-8-2-3-9-21(19)29)23-15-20(28(37)31-13-14-33)16-25(27(23)36)38-24-11-5-4-10-22(24)30/h2-5,8-11,16,23,25,27,33,36H,6-7,12-15,17H2,1H3,(H,31,37). The van der Waals surface area contributed by atoms with Crippen LogP contribution < -0.4 is 10.1 Å². The average Bonchev–Trinajstić information content (AvgIpc) is 2.89. The van der Waals surface area contributed by atoms with Crippen LogP contribution in [0.4, 0.5) is 4.39 Å². The highest BCUT2D eigenvalue weighted by atomic mass is 127. The molecule has 0 aromatic heterocycles. The fraction of sp³-hybridized carbons (Fsp3) is 0.393. The lowest BCUT2D eigenvalue weighted by Crippen LogP contribution is -2.54. The minimum atomic E-state index is -1.23. The van der Waals surface area contributed by atoms with Crippen molar-refractivity contribution in [1.82, 2.24) is 10.2 Å². The number of hydrogen-bond donors (Lipinski definition) is 3. The number of rotatable bonds is 12. The average molecular weight is 638 g/mol. The second-order valence-electron chi connectivity index (χ2n) is 9.11. The van der Waals surface area contributed by atoms with Gasteiger partial charge in [0, 0.05) is 43.5 Å². The van der Waals surface area contributed by atoms with Crippen LogP contribution in [-0.4, -0.2) is 64.1 Å². The summed E-state index contributed by atoms with van der Waals surface area (Å²) in [6.07, 6.45) is -0.131. The van der Waals surface area contributed by atoms with E-state index in [2.05, 4.69) is 27.9 Å². The van der Waals surface area contributed by atoms with Crippen LogP contribution in [0, 0.1) is 9.39 Å². The largest absolute Gasteiger partial charge is 0.482 e. The zero-order valence-corrected chi connectivity index (χ0v) is 23.3. The smallest absolute Gasteiger partial charge is 0.247 e. The highest BCUT2D eigenvalue weighted by molar-refractivity contribution is 14.1. The minimum Gasteiger partial charge on any atom is -0.482 e. The Kier molecular flexibility index (Phi) is 11.2. The van der Waals surface area contributed by atoms with Gasteiger partial charge in [0.15, 0.2) is 0 Å². The fourth-order valence-electron chi connectivity index (χ4n) is 4.30. The Balaban J connectivity index is 1.97. The van der Waals surface area contributed by atoms with E-state index in [-0.39, 0.29) is 61.8 Å². The number of ether oxygens (including phenoxy) is 1. The van der Waals surface area contributed by atoms with Crippen LogP contribution in [0.3, 0.4) is 0 Å². The van der Waals surface area contributed by atoms with E-state index in [0.717, 1.165) is 3.57 Å². The second kappa shape index (κ2) is 14.4. The summed E-state index contributed by atoms with van der Waals surface area (Å²) in [5.41, 5.74) is 0.537. The number of nitrogens with one attached hydrogen (secondary N) is 1. The predicted molar refractivity (Wildman–Crippen MR) is 148 cm³/mol. The molecule has 10 heteroatoms. The van der Waals surface area contributed by atoms with Gasteiger partial charge in [-0.1, -0.05) is 30.3 Å². The number of para-hydroxylation sites is 1. The third-order valence-electron chi connectivity index (χ3n) is 6.25. The number of ketones is 1.